The molecular weight excluding hydrogens is 651 g/mol. The van der Waals surface area contributed by atoms with Gasteiger partial charge < -0.3 is 14.4 Å². The molecule has 8 nitrogen and oxygen atoms in total. The number of ether oxygens (including phenoxy) is 2. The topological polar surface area (TPSA) is 108 Å². The van der Waals surface area contributed by atoms with Crippen LogP contribution in [0.3, 0.4) is 0 Å². The number of carbonyl (C=O) groups is 2. The summed E-state index contributed by atoms with van der Waals surface area (Å²) in [6, 6.07) is 0. The number of phosphoric acid groups is 1. The Kier molecular flexibility index (Phi) is 35.3. The second-order valence-electron chi connectivity index (χ2n) is 12.9. The van der Waals surface area contributed by atoms with Crippen molar-refractivity contribution < 1.29 is 37.6 Å². The zero-order valence-corrected chi connectivity index (χ0v) is 32.9. The SMILES string of the molecule is CC/C=C\C/C=C\C/C=C\CCCCCCCCCC(=O)OC(COC(=O)CCCCCCC/C=C\CCCCCC)COP(=O)(O)OCC. The molecular formula is C41H73O8P. The molecule has 2 atom stereocenters. The molecule has 0 spiro atoms. The molecule has 0 heterocycles. The molecule has 1 N–H and O–H groups in total. The lowest BCUT2D eigenvalue weighted by Crippen LogP contribution is -2.29. The molecule has 0 fully saturated rings. The van der Waals surface area contributed by atoms with Crippen LogP contribution in [-0.4, -0.2) is 42.8 Å². The molecule has 0 aromatic carbocycles. The predicted octanol–water partition coefficient (Wildman–Crippen LogP) is 12.2. The van der Waals surface area contributed by atoms with Crippen LogP contribution in [0, 0.1) is 0 Å². The van der Waals surface area contributed by atoms with E-state index in [4.69, 9.17) is 18.5 Å². The Labute approximate surface area is 306 Å². The van der Waals surface area contributed by atoms with Gasteiger partial charge in [-0.2, -0.15) is 0 Å². The predicted molar refractivity (Wildman–Crippen MR) is 207 cm³/mol. The fraction of sp³-hybridized carbons (Fsp3) is 0.756. The molecule has 2 unspecified atom stereocenters. The highest BCUT2D eigenvalue weighted by atomic mass is 31.2. The number of carbonyl (C=O) groups excluding carboxylic acids is 2. The van der Waals surface area contributed by atoms with Gasteiger partial charge in [0.25, 0.3) is 0 Å². The maximum Gasteiger partial charge on any atom is 0.472 e. The molecule has 0 aliphatic heterocycles. The smallest absolute Gasteiger partial charge is 0.462 e. The van der Waals surface area contributed by atoms with Crippen molar-refractivity contribution >= 4 is 19.8 Å². The van der Waals surface area contributed by atoms with Crippen molar-refractivity contribution in [2.45, 2.75) is 181 Å². The number of phosphoric ester groups is 1. The van der Waals surface area contributed by atoms with E-state index < -0.39 is 26.5 Å². The molecule has 0 aromatic rings. The second kappa shape index (κ2) is 36.8. The molecule has 0 aliphatic rings. The van der Waals surface area contributed by atoms with Crippen LogP contribution in [0.1, 0.15) is 175 Å². The summed E-state index contributed by atoms with van der Waals surface area (Å²) in [7, 11) is -4.28. The summed E-state index contributed by atoms with van der Waals surface area (Å²) >= 11 is 0. The standard InChI is InChI=1S/C41H73O8P/c1-4-7-9-11-13-15-17-19-20-21-22-24-26-28-30-32-34-36-41(43)49-39(38-48-50(44,45)47-6-3)37-46-40(42)35-33-31-29-27-25-23-18-16-14-12-10-8-5-2/h7,9,13,15-16,18-20,39H,4-6,8,10-12,14,17,21-38H2,1-3H3,(H,44,45)/b9-7-,15-13-,18-16-,20-19-. The van der Waals surface area contributed by atoms with E-state index in [0.29, 0.717) is 6.42 Å². The zero-order chi connectivity index (χ0) is 36.8. The first-order chi connectivity index (χ1) is 24.3. The highest BCUT2D eigenvalue weighted by Crippen LogP contribution is 2.43. The number of allylic oxidation sites excluding steroid dienone is 8. The summed E-state index contributed by atoms with van der Waals surface area (Å²) in [5.74, 6) is -0.822. The summed E-state index contributed by atoms with van der Waals surface area (Å²) in [5, 5.41) is 0. The monoisotopic (exact) mass is 725 g/mol. The van der Waals surface area contributed by atoms with Gasteiger partial charge in [-0.15, -0.1) is 0 Å². The summed E-state index contributed by atoms with van der Waals surface area (Å²) in [5.41, 5.74) is 0. The molecule has 290 valence electrons. The third-order valence-electron chi connectivity index (χ3n) is 8.12. The lowest BCUT2D eigenvalue weighted by atomic mass is 10.1. The highest BCUT2D eigenvalue weighted by molar-refractivity contribution is 7.47. The van der Waals surface area contributed by atoms with E-state index in [1.807, 2.05) is 0 Å². The second-order valence-corrected chi connectivity index (χ2v) is 14.4. The fourth-order valence-electron chi connectivity index (χ4n) is 5.23. The Bertz CT molecular complexity index is 958. The minimum Gasteiger partial charge on any atom is -0.462 e. The molecule has 0 amide bonds. The molecule has 0 bridgehead atoms. The minimum absolute atomic E-state index is 0.00443. The van der Waals surface area contributed by atoms with Crippen LogP contribution in [0.5, 0.6) is 0 Å². The van der Waals surface area contributed by atoms with Gasteiger partial charge in [0, 0.05) is 12.8 Å². The molecule has 0 radical (unpaired) electrons. The van der Waals surface area contributed by atoms with E-state index in [1.165, 1.54) is 51.4 Å². The van der Waals surface area contributed by atoms with E-state index in [2.05, 4.69) is 62.5 Å². The molecule has 0 aromatic heterocycles. The van der Waals surface area contributed by atoms with Gasteiger partial charge in [-0.3, -0.25) is 18.6 Å². The van der Waals surface area contributed by atoms with Gasteiger partial charge in [-0.1, -0.05) is 133 Å². The van der Waals surface area contributed by atoms with Crippen LogP contribution in [0.4, 0.5) is 0 Å². The molecule has 0 saturated carbocycles. The number of unbranched alkanes of at least 4 members (excludes halogenated alkanes) is 16. The quantitative estimate of drug-likeness (QED) is 0.0294. The van der Waals surface area contributed by atoms with Crippen molar-refractivity contribution in [1.29, 1.82) is 0 Å². The van der Waals surface area contributed by atoms with Crippen LogP contribution < -0.4 is 0 Å². The first-order valence-corrected chi connectivity index (χ1v) is 21.4. The normalized spacial score (nSPS) is 13.9. The first kappa shape index (κ1) is 48.0. The lowest BCUT2D eigenvalue weighted by Gasteiger charge is -2.19. The average Bonchev–Trinajstić information content (AvgIpc) is 3.09. The third kappa shape index (κ3) is 35.8. The molecule has 0 saturated heterocycles. The summed E-state index contributed by atoms with van der Waals surface area (Å²) < 4.78 is 32.5. The van der Waals surface area contributed by atoms with Crippen LogP contribution in [0.25, 0.3) is 0 Å². The van der Waals surface area contributed by atoms with Crippen LogP contribution in [0.2, 0.25) is 0 Å². The third-order valence-corrected chi connectivity index (χ3v) is 9.18. The van der Waals surface area contributed by atoms with Crippen molar-refractivity contribution in [1.82, 2.24) is 0 Å². The van der Waals surface area contributed by atoms with Crippen LogP contribution in [0.15, 0.2) is 48.6 Å². The van der Waals surface area contributed by atoms with Gasteiger partial charge in [-0.05, 0) is 77.6 Å². The average molecular weight is 725 g/mol. The van der Waals surface area contributed by atoms with Crippen molar-refractivity contribution in [2.24, 2.45) is 0 Å². The lowest BCUT2D eigenvalue weighted by molar-refractivity contribution is -0.161. The van der Waals surface area contributed by atoms with E-state index in [-0.39, 0.29) is 32.0 Å². The van der Waals surface area contributed by atoms with Crippen LogP contribution in [-0.2, 0) is 32.7 Å². The van der Waals surface area contributed by atoms with Gasteiger partial charge >= 0.3 is 19.8 Å². The Balaban J connectivity index is 4.15. The van der Waals surface area contributed by atoms with E-state index in [1.54, 1.807) is 6.92 Å². The summed E-state index contributed by atoms with van der Waals surface area (Å²) in [4.78, 5) is 34.6. The van der Waals surface area contributed by atoms with Gasteiger partial charge in [-0.25, -0.2) is 4.57 Å². The molecule has 0 rings (SSSR count). The summed E-state index contributed by atoms with van der Waals surface area (Å²) in [6.45, 7) is 5.31. The highest BCUT2D eigenvalue weighted by Gasteiger charge is 2.25. The maximum atomic E-state index is 12.5. The summed E-state index contributed by atoms with van der Waals surface area (Å²) in [6.07, 6.45) is 41.6. The number of esters is 2. The van der Waals surface area contributed by atoms with Crippen molar-refractivity contribution in [3.8, 4) is 0 Å². The molecule has 0 aliphatic carbocycles. The Morgan fingerprint density at radius 1 is 0.560 bits per heavy atom. The van der Waals surface area contributed by atoms with Crippen molar-refractivity contribution in [3.05, 3.63) is 48.6 Å². The van der Waals surface area contributed by atoms with Gasteiger partial charge in [0.2, 0.25) is 0 Å². The van der Waals surface area contributed by atoms with Crippen molar-refractivity contribution in [2.75, 3.05) is 19.8 Å². The molecule has 9 heteroatoms. The fourth-order valence-corrected chi connectivity index (χ4v) is 5.98. The largest absolute Gasteiger partial charge is 0.472 e. The van der Waals surface area contributed by atoms with Crippen LogP contribution >= 0.6 is 7.82 Å². The Morgan fingerprint density at radius 2 is 1.02 bits per heavy atom. The van der Waals surface area contributed by atoms with E-state index in [9.17, 15) is 19.0 Å². The maximum absolute atomic E-state index is 12.5. The van der Waals surface area contributed by atoms with E-state index in [0.717, 1.165) is 83.5 Å². The van der Waals surface area contributed by atoms with Gasteiger partial charge in [0.05, 0.1) is 13.2 Å². The van der Waals surface area contributed by atoms with Gasteiger partial charge in [0.1, 0.15) is 6.61 Å². The van der Waals surface area contributed by atoms with Gasteiger partial charge in [0.15, 0.2) is 6.10 Å². The number of rotatable bonds is 36. The minimum atomic E-state index is -4.28. The Hall–Kier alpha value is -1.99. The molecule has 50 heavy (non-hydrogen) atoms. The first-order valence-electron chi connectivity index (χ1n) is 19.9. The zero-order valence-electron chi connectivity index (χ0n) is 32.0. The van der Waals surface area contributed by atoms with E-state index >= 15 is 0 Å². The Morgan fingerprint density at radius 3 is 1.56 bits per heavy atom. The number of hydrogen-bond donors (Lipinski definition) is 1. The van der Waals surface area contributed by atoms with Crippen molar-refractivity contribution in [3.63, 3.8) is 0 Å². The number of hydrogen-bond acceptors (Lipinski definition) is 7.